The summed E-state index contributed by atoms with van der Waals surface area (Å²) in [6, 6.07) is 12.5. The van der Waals surface area contributed by atoms with Gasteiger partial charge in [0, 0.05) is 15.6 Å². The minimum absolute atomic E-state index is 0.205. The van der Waals surface area contributed by atoms with Crippen molar-refractivity contribution in [2.24, 2.45) is 0 Å². The van der Waals surface area contributed by atoms with Gasteiger partial charge >= 0.3 is 0 Å². The van der Waals surface area contributed by atoms with Crippen molar-refractivity contribution in [2.75, 3.05) is 6.61 Å². The van der Waals surface area contributed by atoms with Gasteiger partial charge in [0.05, 0.1) is 0 Å². The van der Waals surface area contributed by atoms with Crippen LogP contribution in [0.1, 0.15) is 11.1 Å². The fraction of sp³-hybridized carbons (Fsp3) is 0.111. The first-order valence-electron chi connectivity index (χ1n) is 7.35. The zero-order valence-electron chi connectivity index (χ0n) is 13.4. The summed E-state index contributed by atoms with van der Waals surface area (Å²) in [5.41, 5.74) is 6.29. The van der Waals surface area contributed by atoms with Crippen LogP contribution in [-0.4, -0.2) is 18.4 Å². The quantitative estimate of drug-likeness (QED) is 0.570. The van der Waals surface area contributed by atoms with Crippen LogP contribution in [0.3, 0.4) is 0 Å². The first-order valence-corrected chi connectivity index (χ1v) is 8.52. The minimum atomic E-state index is -0.462. The Kier molecular flexibility index (Phi) is 7.03. The number of amides is 2. The fourth-order valence-electron chi connectivity index (χ4n) is 1.87. The molecule has 2 N–H and O–H groups in total. The minimum Gasteiger partial charge on any atom is -0.483 e. The Bertz CT molecular complexity index is 791. The lowest BCUT2D eigenvalue weighted by atomic mass is 10.2. The second kappa shape index (κ2) is 9.25. The third-order valence-corrected chi connectivity index (χ3v) is 3.86. The standard InChI is InChI=1S/C18H16BrClN2O3/c1-12-10-14(19)5-8-16(12)25-11-18(24)22-21-17(23)9-4-13-2-6-15(20)7-3-13/h2-10H,11H2,1H3,(H,21,23)(H,22,24)/b9-4+. The summed E-state index contributed by atoms with van der Waals surface area (Å²) in [7, 11) is 0. The third-order valence-electron chi connectivity index (χ3n) is 3.12. The van der Waals surface area contributed by atoms with Crippen LogP contribution < -0.4 is 15.6 Å². The van der Waals surface area contributed by atoms with Crippen molar-refractivity contribution in [3.8, 4) is 5.75 Å². The van der Waals surface area contributed by atoms with Crippen molar-refractivity contribution in [1.29, 1.82) is 0 Å². The Hall–Kier alpha value is -2.31. The molecule has 0 aliphatic heterocycles. The molecule has 0 saturated carbocycles. The molecule has 0 radical (unpaired) electrons. The van der Waals surface area contributed by atoms with Gasteiger partial charge in [-0.2, -0.15) is 0 Å². The number of nitrogens with one attached hydrogen (secondary N) is 2. The average Bonchev–Trinajstić information content (AvgIpc) is 2.58. The summed E-state index contributed by atoms with van der Waals surface area (Å²) in [5, 5.41) is 0.620. The maximum Gasteiger partial charge on any atom is 0.276 e. The van der Waals surface area contributed by atoms with Crippen molar-refractivity contribution in [3.63, 3.8) is 0 Å². The molecule has 7 heteroatoms. The normalized spacial score (nSPS) is 10.5. The molecule has 2 aromatic rings. The maximum atomic E-state index is 11.7. The van der Waals surface area contributed by atoms with Gasteiger partial charge in [0.2, 0.25) is 0 Å². The third kappa shape index (κ3) is 6.60. The zero-order chi connectivity index (χ0) is 18.2. The molecule has 0 fully saturated rings. The Morgan fingerprint density at radius 3 is 2.56 bits per heavy atom. The number of hydrogen-bond donors (Lipinski definition) is 2. The van der Waals surface area contributed by atoms with Gasteiger partial charge in [0.25, 0.3) is 11.8 Å². The molecule has 5 nitrogen and oxygen atoms in total. The van der Waals surface area contributed by atoms with Crippen molar-refractivity contribution in [3.05, 3.63) is 69.2 Å². The molecule has 130 valence electrons. The first-order chi connectivity index (χ1) is 11.9. The van der Waals surface area contributed by atoms with E-state index in [1.54, 1.807) is 36.4 Å². The van der Waals surface area contributed by atoms with Crippen LogP contribution in [0, 0.1) is 6.92 Å². The molecule has 2 amide bonds. The van der Waals surface area contributed by atoms with Crippen molar-refractivity contribution >= 4 is 45.4 Å². The largest absolute Gasteiger partial charge is 0.483 e. The number of aryl methyl sites for hydroxylation is 1. The lowest BCUT2D eigenvalue weighted by Gasteiger charge is -2.10. The van der Waals surface area contributed by atoms with Gasteiger partial charge in [-0.15, -0.1) is 0 Å². The molecule has 0 unspecified atom stereocenters. The molecule has 0 saturated heterocycles. The number of halogens is 2. The summed E-state index contributed by atoms with van der Waals surface area (Å²) in [5.74, 6) is -0.314. The van der Waals surface area contributed by atoms with E-state index in [0.29, 0.717) is 10.8 Å². The monoisotopic (exact) mass is 422 g/mol. The molecule has 2 rings (SSSR count). The highest BCUT2D eigenvalue weighted by Gasteiger charge is 2.06. The van der Waals surface area contributed by atoms with Crippen LogP contribution in [0.2, 0.25) is 5.02 Å². The van der Waals surface area contributed by atoms with Crippen LogP contribution in [0.4, 0.5) is 0 Å². The molecular weight excluding hydrogens is 408 g/mol. The van der Waals surface area contributed by atoms with E-state index in [9.17, 15) is 9.59 Å². The number of hydrogen-bond acceptors (Lipinski definition) is 3. The second-order valence-electron chi connectivity index (χ2n) is 5.12. The van der Waals surface area contributed by atoms with E-state index in [4.69, 9.17) is 16.3 Å². The number of ether oxygens (including phenoxy) is 1. The predicted molar refractivity (Wildman–Crippen MR) is 101 cm³/mol. The summed E-state index contributed by atoms with van der Waals surface area (Å²) in [4.78, 5) is 23.4. The van der Waals surface area contributed by atoms with E-state index in [1.807, 2.05) is 19.1 Å². The molecule has 0 spiro atoms. The molecule has 0 aliphatic carbocycles. The van der Waals surface area contributed by atoms with Gasteiger partial charge in [-0.25, -0.2) is 0 Å². The molecule has 0 heterocycles. The second-order valence-corrected chi connectivity index (χ2v) is 6.47. The van der Waals surface area contributed by atoms with Crippen molar-refractivity contribution in [2.45, 2.75) is 6.92 Å². The maximum absolute atomic E-state index is 11.7. The number of rotatable bonds is 5. The van der Waals surface area contributed by atoms with E-state index >= 15 is 0 Å². The van der Waals surface area contributed by atoms with E-state index in [1.165, 1.54) is 6.08 Å². The molecular formula is C18H16BrClN2O3. The fourth-order valence-corrected chi connectivity index (χ4v) is 2.47. The van der Waals surface area contributed by atoms with Gasteiger partial charge in [-0.1, -0.05) is 39.7 Å². The zero-order valence-corrected chi connectivity index (χ0v) is 15.7. The highest BCUT2D eigenvalue weighted by molar-refractivity contribution is 9.10. The summed E-state index contributed by atoms with van der Waals surface area (Å²) < 4.78 is 6.34. The summed E-state index contributed by atoms with van der Waals surface area (Å²) in [6.07, 6.45) is 2.92. The Morgan fingerprint density at radius 2 is 1.88 bits per heavy atom. The van der Waals surface area contributed by atoms with Crippen molar-refractivity contribution in [1.82, 2.24) is 10.9 Å². The average molecular weight is 424 g/mol. The molecule has 0 atom stereocenters. The van der Waals surface area contributed by atoms with Gasteiger partial charge in [-0.05, 0) is 54.5 Å². The first kappa shape index (κ1) is 19.0. The Labute approximate surface area is 159 Å². The van der Waals surface area contributed by atoms with Gasteiger partial charge < -0.3 is 4.74 Å². The predicted octanol–water partition coefficient (Wildman–Crippen LogP) is 3.65. The number of carbonyl (C=O) groups is 2. The number of benzene rings is 2. The SMILES string of the molecule is Cc1cc(Br)ccc1OCC(=O)NNC(=O)/C=C/c1ccc(Cl)cc1. The van der Waals surface area contributed by atoms with Crippen molar-refractivity contribution < 1.29 is 14.3 Å². The summed E-state index contributed by atoms with van der Waals surface area (Å²) in [6.45, 7) is 1.67. The van der Waals surface area contributed by atoms with Gasteiger partial charge in [-0.3, -0.25) is 20.4 Å². The number of hydrazine groups is 1. The smallest absolute Gasteiger partial charge is 0.276 e. The Morgan fingerprint density at radius 1 is 1.16 bits per heavy atom. The van der Waals surface area contributed by atoms with E-state index in [2.05, 4.69) is 26.8 Å². The van der Waals surface area contributed by atoms with Crippen LogP contribution in [0.15, 0.2) is 53.0 Å². The van der Waals surface area contributed by atoms with Crippen LogP contribution in [0.5, 0.6) is 5.75 Å². The van der Waals surface area contributed by atoms with Crippen LogP contribution in [0.25, 0.3) is 6.08 Å². The van der Waals surface area contributed by atoms with Crippen LogP contribution >= 0.6 is 27.5 Å². The van der Waals surface area contributed by atoms with Gasteiger partial charge in [0.15, 0.2) is 6.61 Å². The van der Waals surface area contributed by atoms with E-state index < -0.39 is 11.8 Å². The highest BCUT2D eigenvalue weighted by atomic mass is 79.9. The highest BCUT2D eigenvalue weighted by Crippen LogP contribution is 2.21. The lowest BCUT2D eigenvalue weighted by Crippen LogP contribution is -2.43. The van der Waals surface area contributed by atoms with E-state index in [0.717, 1.165) is 15.6 Å². The Balaban J connectivity index is 1.75. The lowest BCUT2D eigenvalue weighted by molar-refractivity contribution is -0.128. The van der Waals surface area contributed by atoms with Gasteiger partial charge in [0.1, 0.15) is 5.75 Å². The molecule has 0 aromatic heterocycles. The molecule has 0 aliphatic rings. The molecule has 2 aromatic carbocycles. The number of carbonyl (C=O) groups excluding carboxylic acids is 2. The van der Waals surface area contributed by atoms with E-state index in [-0.39, 0.29) is 6.61 Å². The molecule has 25 heavy (non-hydrogen) atoms. The summed E-state index contributed by atoms with van der Waals surface area (Å²) >= 11 is 9.14. The topological polar surface area (TPSA) is 67.4 Å². The molecule has 0 bridgehead atoms. The van der Waals surface area contributed by atoms with Crippen LogP contribution in [-0.2, 0) is 9.59 Å².